The van der Waals surface area contributed by atoms with Crippen LogP contribution in [-0.4, -0.2) is 18.6 Å². The molecule has 14 heavy (non-hydrogen) atoms. The van der Waals surface area contributed by atoms with E-state index < -0.39 is 0 Å². The Labute approximate surface area is 89.8 Å². The highest BCUT2D eigenvalue weighted by atomic mass is 32.1. The molecule has 0 spiro atoms. The third kappa shape index (κ3) is 1.59. The van der Waals surface area contributed by atoms with Crippen molar-refractivity contribution in [1.82, 2.24) is 10.3 Å². The second-order valence-corrected chi connectivity index (χ2v) is 5.27. The first-order valence-electron chi connectivity index (χ1n) is 5.33. The van der Waals surface area contributed by atoms with Gasteiger partial charge in [-0.05, 0) is 33.2 Å². The molecule has 1 aromatic heterocycles. The number of nitrogens with one attached hydrogen (secondary N) is 1. The smallest absolute Gasteiger partial charge is 0.0928 e. The van der Waals surface area contributed by atoms with Gasteiger partial charge in [-0.2, -0.15) is 0 Å². The van der Waals surface area contributed by atoms with Crippen LogP contribution in [0.15, 0.2) is 0 Å². The zero-order valence-electron chi connectivity index (χ0n) is 9.18. The van der Waals surface area contributed by atoms with Crippen LogP contribution in [0.4, 0.5) is 0 Å². The molecule has 0 amide bonds. The maximum absolute atomic E-state index is 4.61. The van der Waals surface area contributed by atoms with Crippen molar-refractivity contribution in [2.75, 3.05) is 13.6 Å². The van der Waals surface area contributed by atoms with Crippen LogP contribution >= 0.6 is 11.3 Å². The number of hydrogen-bond donors (Lipinski definition) is 1. The Bertz CT molecular complexity index is 326. The van der Waals surface area contributed by atoms with Gasteiger partial charge in [0.2, 0.25) is 0 Å². The fourth-order valence-electron chi connectivity index (χ4n) is 2.07. The number of aromatic nitrogens is 1. The van der Waals surface area contributed by atoms with Gasteiger partial charge in [-0.3, -0.25) is 0 Å². The normalized spacial score (nSPS) is 18.5. The summed E-state index contributed by atoms with van der Waals surface area (Å²) in [6.07, 6.45) is 3.74. The van der Waals surface area contributed by atoms with Crippen LogP contribution in [-0.2, 0) is 11.8 Å². The highest BCUT2D eigenvalue weighted by Crippen LogP contribution is 2.50. The Morgan fingerprint density at radius 1 is 1.50 bits per heavy atom. The Balaban J connectivity index is 2.27. The molecular formula is C11H18N2S. The summed E-state index contributed by atoms with van der Waals surface area (Å²) in [6.45, 7) is 5.44. The van der Waals surface area contributed by atoms with E-state index in [-0.39, 0.29) is 0 Å². The lowest BCUT2D eigenvalue weighted by molar-refractivity contribution is 0.630. The average molecular weight is 210 g/mol. The molecule has 0 radical (unpaired) electrons. The number of thiazole rings is 1. The molecule has 1 aliphatic rings. The predicted molar refractivity (Wildman–Crippen MR) is 61.1 cm³/mol. The first-order chi connectivity index (χ1) is 6.72. The van der Waals surface area contributed by atoms with E-state index in [1.54, 1.807) is 0 Å². The Morgan fingerprint density at radius 2 is 2.21 bits per heavy atom. The van der Waals surface area contributed by atoms with Crippen LogP contribution in [0.1, 0.15) is 35.3 Å². The first kappa shape index (κ1) is 10.1. The van der Waals surface area contributed by atoms with Crippen LogP contribution in [0.2, 0.25) is 0 Å². The van der Waals surface area contributed by atoms with Crippen LogP contribution in [0.5, 0.6) is 0 Å². The lowest BCUT2D eigenvalue weighted by atomic mass is 10.0. The second kappa shape index (κ2) is 3.63. The van der Waals surface area contributed by atoms with E-state index in [1.807, 2.05) is 18.4 Å². The van der Waals surface area contributed by atoms with Crippen LogP contribution < -0.4 is 5.32 Å². The summed E-state index contributed by atoms with van der Waals surface area (Å²) in [5.41, 5.74) is 1.71. The largest absolute Gasteiger partial charge is 0.319 e. The molecule has 3 heteroatoms. The summed E-state index contributed by atoms with van der Waals surface area (Å²) in [7, 11) is 2.04. The van der Waals surface area contributed by atoms with Crippen molar-refractivity contribution in [2.45, 2.75) is 38.5 Å². The Hall–Kier alpha value is -0.410. The zero-order valence-corrected chi connectivity index (χ0v) is 10.0. The first-order valence-corrected chi connectivity index (χ1v) is 6.15. The van der Waals surface area contributed by atoms with E-state index >= 15 is 0 Å². The number of likely N-dealkylation sites (N-methyl/N-ethyl adjacent to an activating group) is 1. The zero-order chi connectivity index (χ0) is 10.2. The quantitative estimate of drug-likeness (QED) is 0.824. The van der Waals surface area contributed by atoms with Gasteiger partial charge in [0.15, 0.2) is 0 Å². The van der Waals surface area contributed by atoms with Gasteiger partial charge in [0.1, 0.15) is 0 Å². The van der Waals surface area contributed by atoms with E-state index in [0.717, 1.165) is 13.0 Å². The van der Waals surface area contributed by atoms with Gasteiger partial charge in [0, 0.05) is 16.8 Å². The highest BCUT2D eigenvalue weighted by molar-refractivity contribution is 7.12. The van der Waals surface area contributed by atoms with Gasteiger partial charge >= 0.3 is 0 Å². The third-order valence-electron chi connectivity index (χ3n) is 2.99. The summed E-state index contributed by atoms with van der Waals surface area (Å²) in [4.78, 5) is 6.14. The Kier molecular flexibility index (Phi) is 2.62. The molecule has 78 valence electrons. The predicted octanol–water partition coefficient (Wildman–Crippen LogP) is 2.26. The maximum atomic E-state index is 4.61. The maximum Gasteiger partial charge on any atom is 0.0928 e. The van der Waals surface area contributed by atoms with Crippen molar-refractivity contribution < 1.29 is 0 Å². The fraction of sp³-hybridized carbons (Fsp3) is 0.727. The minimum Gasteiger partial charge on any atom is -0.319 e. The van der Waals surface area contributed by atoms with Crippen molar-refractivity contribution in [3.8, 4) is 0 Å². The molecule has 1 aliphatic carbocycles. The van der Waals surface area contributed by atoms with Gasteiger partial charge < -0.3 is 5.32 Å². The van der Waals surface area contributed by atoms with Gasteiger partial charge in [0.05, 0.1) is 10.7 Å². The molecule has 0 saturated heterocycles. The monoisotopic (exact) mass is 210 g/mol. The van der Waals surface area contributed by atoms with E-state index in [4.69, 9.17) is 0 Å². The summed E-state index contributed by atoms with van der Waals surface area (Å²) in [5.74, 6) is 0. The molecule has 0 aliphatic heterocycles. The summed E-state index contributed by atoms with van der Waals surface area (Å²) >= 11 is 1.92. The SMILES string of the molecule is CCc1nc(C)c(C2(CNC)CC2)s1. The molecule has 0 bridgehead atoms. The summed E-state index contributed by atoms with van der Waals surface area (Å²) < 4.78 is 0. The van der Waals surface area contributed by atoms with Crippen molar-refractivity contribution in [3.63, 3.8) is 0 Å². The van der Waals surface area contributed by atoms with Crippen molar-refractivity contribution in [1.29, 1.82) is 0 Å². The molecule has 0 atom stereocenters. The minimum absolute atomic E-state index is 0.448. The van der Waals surface area contributed by atoms with Crippen LogP contribution in [0, 0.1) is 6.92 Å². The molecule has 1 N–H and O–H groups in total. The summed E-state index contributed by atoms with van der Waals surface area (Å²) in [6, 6.07) is 0. The lowest BCUT2D eigenvalue weighted by Crippen LogP contribution is -2.23. The standard InChI is InChI=1S/C11H18N2S/c1-4-9-13-8(2)10(14-9)11(5-6-11)7-12-3/h12H,4-7H2,1-3H3. The molecule has 2 nitrogen and oxygen atoms in total. The van der Waals surface area contributed by atoms with E-state index in [2.05, 4.69) is 24.1 Å². The molecule has 1 saturated carbocycles. The average Bonchev–Trinajstić information content (AvgIpc) is 2.83. The highest BCUT2D eigenvalue weighted by Gasteiger charge is 2.46. The number of aryl methyl sites for hydroxylation is 2. The van der Waals surface area contributed by atoms with Crippen molar-refractivity contribution >= 4 is 11.3 Å². The third-order valence-corrected chi connectivity index (χ3v) is 4.54. The van der Waals surface area contributed by atoms with Crippen LogP contribution in [0.3, 0.4) is 0 Å². The number of rotatable bonds is 4. The summed E-state index contributed by atoms with van der Waals surface area (Å²) in [5, 5.41) is 4.59. The fourth-order valence-corrected chi connectivity index (χ4v) is 3.32. The van der Waals surface area contributed by atoms with Gasteiger partial charge in [0.25, 0.3) is 0 Å². The topological polar surface area (TPSA) is 24.9 Å². The van der Waals surface area contributed by atoms with Gasteiger partial charge in [-0.25, -0.2) is 4.98 Å². The lowest BCUT2D eigenvalue weighted by Gasteiger charge is -2.12. The molecule has 1 heterocycles. The molecule has 1 aromatic rings. The van der Waals surface area contributed by atoms with E-state index in [1.165, 1.54) is 28.4 Å². The second-order valence-electron chi connectivity index (χ2n) is 4.19. The Morgan fingerprint density at radius 3 is 2.64 bits per heavy atom. The van der Waals surface area contributed by atoms with Gasteiger partial charge in [-0.1, -0.05) is 6.92 Å². The molecule has 0 unspecified atom stereocenters. The number of nitrogens with zero attached hydrogens (tertiary/aromatic N) is 1. The van der Waals surface area contributed by atoms with E-state index in [9.17, 15) is 0 Å². The van der Waals surface area contributed by atoms with E-state index in [0.29, 0.717) is 5.41 Å². The van der Waals surface area contributed by atoms with Crippen molar-refractivity contribution in [2.24, 2.45) is 0 Å². The van der Waals surface area contributed by atoms with Crippen LogP contribution in [0.25, 0.3) is 0 Å². The minimum atomic E-state index is 0.448. The molecular weight excluding hydrogens is 192 g/mol. The van der Waals surface area contributed by atoms with Gasteiger partial charge in [-0.15, -0.1) is 11.3 Å². The van der Waals surface area contributed by atoms with Crippen molar-refractivity contribution in [3.05, 3.63) is 15.6 Å². The molecule has 2 rings (SSSR count). The number of hydrogen-bond acceptors (Lipinski definition) is 3. The molecule has 1 fully saturated rings. The molecule has 0 aromatic carbocycles.